The first-order chi connectivity index (χ1) is 12.8. The standard InChI is InChI=1S/C19H22FN3O3S/c1-14-13-16(20)3-8-19(14)27(25,26)23-11-9-22(10-12-23)18-6-4-17(5-7-18)21-15(2)24/h3-8,13H,9-12H2,1-2H3,(H,21,24). The molecule has 6 nitrogen and oxygen atoms in total. The number of sulfonamides is 1. The Labute approximate surface area is 158 Å². The summed E-state index contributed by atoms with van der Waals surface area (Å²) in [5.74, 6) is -0.573. The van der Waals surface area contributed by atoms with Crippen molar-refractivity contribution in [1.82, 2.24) is 4.31 Å². The van der Waals surface area contributed by atoms with Gasteiger partial charge in [-0.3, -0.25) is 4.79 Å². The van der Waals surface area contributed by atoms with Crippen molar-refractivity contribution in [2.75, 3.05) is 36.4 Å². The third-order valence-electron chi connectivity index (χ3n) is 4.55. The van der Waals surface area contributed by atoms with Crippen LogP contribution in [0.2, 0.25) is 0 Å². The molecular formula is C19H22FN3O3S. The molecule has 144 valence electrons. The lowest BCUT2D eigenvalue weighted by atomic mass is 10.2. The highest BCUT2D eigenvalue weighted by Crippen LogP contribution is 2.24. The van der Waals surface area contributed by atoms with Crippen molar-refractivity contribution in [2.45, 2.75) is 18.7 Å². The van der Waals surface area contributed by atoms with E-state index in [1.54, 1.807) is 6.92 Å². The Morgan fingerprint density at radius 1 is 1.04 bits per heavy atom. The van der Waals surface area contributed by atoms with Crippen molar-refractivity contribution in [3.8, 4) is 0 Å². The summed E-state index contributed by atoms with van der Waals surface area (Å²) in [5.41, 5.74) is 2.10. The molecule has 0 radical (unpaired) electrons. The molecule has 0 saturated carbocycles. The van der Waals surface area contributed by atoms with E-state index >= 15 is 0 Å². The lowest BCUT2D eigenvalue weighted by Crippen LogP contribution is -2.48. The number of hydrogen-bond donors (Lipinski definition) is 1. The molecule has 1 heterocycles. The average Bonchev–Trinajstić information content (AvgIpc) is 2.61. The number of benzene rings is 2. The molecule has 1 N–H and O–H groups in total. The maximum absolute atomic E-state index is 13.3. The molecule has 2 aromatic rings. The topological polar surface area (TPSA) is 69.7 Å². The molecule has 1 saturated heterocycles. The zero-order valence-corrected chi connectivity index (χ0v) is 16.1. The van der Waals surface area contributed by atoms with E-state index in [2.05, 4.69) is 10.2 Å². The molecule has 1 amide bonds. The van der Waals surface area contributed by atoms with Gasteiger partial charge in [0.1, 0.15) is 5.82 Å². The Balaban J connectivity index is 1.68. The van der Waals surface area contributed by atoms with Gasteiger partial charge in [0.05, 0.1) is 4.90 Å². The van der Waals surface area contributed by atoms with E-state index in [4.69, 9.17) is 0 Å². The Kier molecular flexibility index (Phi) is 5.48. The van der Waals surface area contributed by atoms with Crippen LogP contribution in [0.4, 0.5) is 15.8 Å². The number of rotatable bonds is 4. The van der Waals surface area contributed by atoms with Crippen molar-refractivity contribution < 1.29 is 17.6 Å². The van der Waals surface area contributed by atoms with Crippen LogP contribution < -0.4 is 10.2 Å². The van der Waals surface area contributed by atoms with Gasteiger partial charge < -0.3 is 10.2 Å². The zero-order valence-electron chi connectivity index (χ0n) is 15.3. The highest BCUT2D eigenvalue weighted by Gasteiger charge is 2.29. The van der Waals surface area contributed by atoms with E-state index in [0.29, 0.717) is 31.7 Å². The lowest BCUT2D eigenvalue weighted by Gasteiger charge is -2.35. The second-order valence-electron chi connectivity index (χ2n) is 6.53. The number of nitrogens with zero attached hydrogens (tertiary/aromatic N) is 2. The molecule has 8 heteroatoms. The van der Waals surface area contributed by atoms with Crippen LogP contribution in [0.1, 0.15) is 12.5 Å². The number of aryl methyl sites for hydroxylation is 1. The molecule has 27 heavy (non-hydrogen) atoms. The number of carbonyl (C=O) groups is 1. The number of nitrogens with one attached hydrogen (secondary N) is 1. The number of amides is 1. The number of piperazine rings is 1. The normalized spacial score (nSPS) is 15.6. The molecule has 1 aliphatic rings. The molecule has 1 aliphatic heterocycles. The molecular weight excluding hydrogens is 369 g/mol. The van der Waals surface area contributed by atoms with Crippen molar-refractivity contribution in [3.63, 3.8) is 0 Å². The van der Waals surface area contributed by atoms with Crippen LogP contribution in [0.3, 0.4) is 0 Å². The minimum absolute atomic E-state index is 0.127. The van der Waals surface area contributed by atoms with Crippen molar-refractivity contribution in [3.05, 3.63) is 53.8 Å². The molecule has 0 atom stereocenters. The Hall–Kier alpha value is -2.45. The van der Waals surface area contributed by atoms with E-state index in [9.17, 15) is 17.6 Å². The fraction of sp³-hybridized carbons (Fsp3) is 0.316. The SMILES string of the molecule is CC(=O)Nc1ccc(N2CCN(S(=O)(=O)c3ccc(F)cc3C)CC2)cc1. The number of halogens is 1. The van der Waals surface area contributed by atoms with Gasteiger partial charge >= 0.3 is 0 Å². The fourth-order valence-electron chi connectivity index (χ4n) is 3.19. The molecule has 0 aromatic heterocycles. The largest absolute Gasteiger partial charge is 0.369 e. The summed E-state index contributed by atoms with van der Waals surface area (Å²) in [6.07, 6.45) is 0. The second kappa shape index (κ2) is 7.66. The number of carbonyl (C=O) groups excluding carboxylic acids is 1. The summed E-state index contributed by atoms with van der Waals surface area (Å²) in [6.45, 7) is 4.87. The second-order valence-corrected chi connectivity index (χ2v) is 8.44. The van der Waals surface area contributed by atoms with Crippen LogP contribution in [0.25, 0.3) is 0 Å². The minimum Gasteiger partial charge on any atom is -0.369 e. The fourth-order valence-corrected chi connectivity index (χ4v) is 4.81. The smallest absolute Gasteiger partial charge is 0.243 e. The Morgan fingerprint density at radius 2 is 1.67 bits per heavy atom. The van der Waals surface area contributed by atoms with Crippen LogP contribution in [0.5, 0.6) is 0 Å². The first kappa shape index (κ1) is 19.3. The first-order valence-electron chi connectivity index (χ1n) is 8.66. The van der Waals surface area contributed by atoms with Gasteiger partial charge in [0.25, 0.3) is 0 Å². The van der Waals surface area contributed by atoms with E-state index in [1.807, 2.05) is 24.3 Å². The number of anilines is 2. The summed E-state index contributed by atoms with van der Waals surface area (Å²) in [4.78, 5) is 13.3. The summed E-state index contributed by atoms with van der Waals surface area (Å²) in [7, 11) is -3.64. The predicted octanol–water partition coefficient (Wildman–Crippen LogP) is 2.60. The molecule has 2 aromatic carbocycles. The molecule has 0 unspecified atom stereocenters. The number of hydrogen-bond acceptors (Lipinski definition) is 4. The molecule has 0 spiro atoms. The van der Waals surface area contributed by atoms with Gasteiger partial charge in [-0.05, 0) is 55.0 Å². The van der Waals surface area contributed by atoms with Gasteiger partial charge in [-0.1, -0.05) is 0 Å². The van der Waals surface area contributed by atoms with Crippen molar-refractivity contribution in [2.24, 2.45) is 0 Å². The van der Waals surface area contributed by atoms with Crippen LogP contribution >= 0.6 is 0 Å². The third-order valence-corrected chi connectivity index (χ3v) is 6.61. The van der Waals surface area contributed by atoms with E-state index in [1.165, 1.54) is 29.4 Å². The molecule has 3 rings (SSSR count). The maximum Gasteiger partial charge on any atom is 0.243 e. The maximum atomic E-state index is 13.3. The van der Waals surface area contributed by atoms with Crippen LogP contribution in [-0.2, 0) is 14.8 Å². The van der Waals surface area contributed by atoms with Gasteiger partial charge in [0.2, 0.25) is 15.9 Å². The quantitative estimate of drug-likeness (QED) is 0.870. The van der Waals surface area contributed by atoms with E-state index < -0.39 is 15.8 Å². The highest BCUT2D eigenvalue weighted by molar-refractivity contribution is 7.89. The van der Waals surface area contributed by atoms with Gasteiger partial charge in [-0.15, -0.1) is 0 Å². The minimum atomic E-state index is -3.64. The van der Waals surface area contributed by atoms with Gasteiger partial charge in [0, 0.05) is 44.5 Å². The zero-order chi connectivity index (χ0) is 19.6. The van der Waals surface area contributed by atoms with Crippen molar-refractivity contribution >= 4 is 27.3 Å². The van der Waals surface area contributed by atoms with Crippen LogP contribution in [-0.4, -0.2) is 44.8 Å². The van der Waals surface area contributed by atoms with E-state index in [0.717, 1.165) is 11.4 Å². The molecule has 1 fully saturated rings. The van der Waals surface area contributed by atoms with Gasteiger partial charge in [-0.25, -0.2) is 12.8 Å². The monoisotopic (exact) mass is 391 g/mol. The third kappa shape index (κ3) is 4.28. The summed E-state index contributed by atoms with van der Waals surface area (Å²) in [6, 6.07) is 11.2. The van der Waals surface area contributed by atoms with Crippen LogP contribution in [0.15, 0.2) is 47.4 Å². The van der Waals surface area contributed by atoms with Crippen molar-refractivity contribution in [1.29, 1.82) is 0 Å². The van der Waals surface area contributed by atoms with Crippen LogP contribution in [0, 0.1) is 12.7 Å². The first-order valence-corrected chi connectivity index (χ1v) is 10.1. The Bertz CT molecular complexity index is 937. The van der Waals surface area contributed by atoms with E-state index in [-0.39, 0.29) is 10.8 Å². The summed E-state index contributed by atoms with van der Waals surface area (Å²) in [5, 5.41) is 2.72. The lowest BCUT2D eigenvalue weighted by molar-refractivity contribution is -0.114. The predicted molar refractivity (Wildman–Crippen MR) is 103 cm³/mol. The molecule has 0 aliphatic carbocycles. The summed E-state index contributed by atoms with van der Waals surface area (Å²) >= 11 is 0. The summed E-state index contributed by atoms with van der Waals surface area (Å²) < 4.78 is 40.4. The Morgan fingerprint density at radius 3 is 2.22 bits per heavy atom. The van der Waals surface area contributed by atoms with Gasteiger partial charge in [0.15, 0.2) is 0 Å². The average molecular weight is 391 g/mol. The molecule has 0 bridgehead atoms. The van der Waals surface area contributed by atoms with Gasteiger partial charge in [-0.2, -0.15) is 4.31 Å². The highest BCUT2D eigenvalue weighted by atomic mass is 32.2.